The van der Waals surface area contributed by atoms with Gasteiger partial charge in [-0.3, -0.25) is 4.79 Å². The summed E-state index contributed by atoms with van der Waals surface area (Å²) >= 11 is 0. The minimum Gasteiger partial charge on any atom is -0.497 e. The molecule has 0 aliphatic heterocycles. The molecular formula is C17H18O3. The van der Waals surface area contributed by atoms with Crippen molar-refractivity contribution in [3.05, 3.63) is 59.7 Å². The lowest BCUT2D eigenvalue weighted by atomic mass is 10.1. The van der Waals surface area contributed by atoms with Crippen LogP contribution >= 0.6 is 0 Å². The fourth-order valence-corrected chi connectivity index (χ4v) is 1.88. The molecule has 0 aliphatic rings. The van der Waals surface area contributed by atoms with E-state index in [1.165, 1.54) is 5.56 Å². The van der Waals surface area contributed by atoms with Crippen LogP contribution in [0, 0.1) is 0 Å². The number of carbonyl (C=O) groups is 1. The normalized spacial score (nSPS) is 10.1. The molecule has 2 aromatic rings. The largest absolute Gasteiger partial charge is 0.497 e. The van der Waals surface area contributed by atoms with E-state index in [2.05, 4.69) is 6.92 Å². The van der Waals surface area contributed by atoms with Crippen LogP contribution in [0.15, 0.2) is 48.5 Å². The summed E-state index contributed by atoms with van der Waals surface area (Å²) in [5.74, 6) is 1.33. The number of ketones is 1. The Morgan fingerprint density at radius 1 is 1.05 bits per heavy atom. The second-order valence-corrected chi connectivity index (χ2v) is 4.44. The molecule has 0 heterocycles. The van der Waals surface area contributed by atoms with Crippen molar-refractivity contribution < 1.29 is 14.3 Å². The molecule has 2 rings (SSSR count). The molecule has 0 bridgehead atoms. The van der Waals surface area contributed by atoms with E-state index in [0.717, 1.165) is 12.2 Å². The van der Waals surface area contributed by atoms with Gasteiger partial charge in [0.05, 0.1) is 7.11 Å². The van der Waals surface area contributed by atoms with Crippen molar-refractivity contribution in [1.82, 2.24) is 0 Å². The first-order valence-corrected chi connectivity index (χ1v) is 6.62. The Bertz CT molecular complexity index is 590. The summed E-state index contributed by atoms with van der Waals surface area (Å²) in [6.45, 7) is 2.11. The van der Waals surface area contributed by atoms with E-state index in [1.54, 1.807) is 25.3 Å². The predicted molar refractivity (Wildman–Crippen MR) is 78.6 cm³/mol. The van der Waals surface area contributed by atoms with Crippen LogP contribution in [0.1, 0.15) is 22.8 Å². The van der Waals surface area contributed by atoms with Crippen LogP contribution in [0.2, 0.25) is 0 Å². The highest BCUT2D eigenvalue weighted by Gasteiger charge is 2.08. The van der Waals surface area contributed by atoms with Crippen molar-refractivity contribution in [1.29, 1.82) is 0 Å². The third-order valence-electron chi connectivity index (χ3n) is 3.07. The Morgan fingerprint density at radius 2 is 1.80 bits per heavy atom. The quantitative estimate of drug-likeness (QED) is 0.753. The van der Waals surface area contributed by atoms with Crippen LogP contribution in [-0.4, -0.2) is 19.5 Å². The highest BCUT2D eigenvalue weighted by Crippen LogP contribution is 2.16. The van der Waals surface area contributed by atoms with E-state index in [1.807, 2.05) is 30.3 Å². The molecule has 104 valence electrons. The van der Waals surface area contributed by atoms with E-state index in [9.17, 15) is 4.79 Å². The van der Waals surface area contributed by atoms with Gasteiger partial charge < -0.3 is 9.47 Å². The van der Waals surface area contributed by atoms with Gasteiger partial charge in [-0.05, 0) is 36.2 Å². The Labute approximate surface area is 119 Å². The summed E-state index contributed by atoms with van der Waals surface area (Å²) in [4.78, 5) is 12.1. The maximum absolute atomic E-state index is 12.1. The smallest absolute Gasteiger partial charge is 0.200 e. The molecular weight excluding hydrogens is 252 g/mol. The van der Waals surface area contributed by atoms with Gasteiger partial charge in [-0.15, -0.1) is 0 Å². The molecule has 20 heavy (non-hydrogen) atoms. The highest BCUT2D eigenvalue weighted by molar-refractivity contribution is 5.97. The number of hydrogen-bond acceptors (Lipinski definition) is 3. The van der Waals surface area contributed by atoms with Gasteiger partial charge in [0.25, 0.3) is 0 Å². The lowest BCUT2D eigenvalue weighted by Gasteiger charge is -2.07. The number of ether oxygens (including phenoxy) is 2. The molecule has 3 heteroatoms. The van der Waals surface area contributed by atoms with Crippen molar-refractivity contribution in [3.63, 3.8) is 0 Å². The fourth-order valence-electron chi connectivity index (χ4n) is 1.88. The lowest BCUT2D eigenvalue weighted by molar-refractivity contribution is 0.0921. The van der Waals surface area contributed by atoms with E-state index < -0.39 is 0 Å². The molecule has 0 atom stereocenters. The Kier molecular flexibility index (Phi) is 4.77. The van der Waals surface area contributed by atoms with Gasteiger partial charge in [0.2, 0.25) is 0 Å². The van der Waals surface area contributed by atoms with E-state index in [-0.39, 0.29) is 12.4 Å². The first-order chi connectivity index (χ1) is 9.72. The summed E-state index contributed by atoms with van der Waals surface area (Å²) in [5.41, 5.74) is 1.78. The second kappa shape index (κ2) is 6.75. The zero-order chi connectivity index (χ0) is 14.4. The standard InChI is InChI=1S/C17H18O3/c1-3-13-6-4-9-16(10-13)20-12-17(18)14-7-5-8-15(11-14)19-2/h4-11H,3,12H2,1-2H3. The van der Waals surface area contributed by atoms with Crippen LogP contribution in [0.4, 0.5) is 0 Å². The molecule has 0 unspecified atom stereocenters. The number of Topliss-reactive ketones (excluding diaryl/α,β-unsaturated/α-hetero) is 1. The monoisotopic (exact) mass is 270 g/mol. The summed E-state index contributed by atoms with van der Waals surface area (Å²) in [7, 11) is 1.58. The van der Waals surface area contributed by atoms with Gasteiger partial charge in [-0.25, -0.2) is 0 Å². The maximum Gasteiger partial charge on any atom is 0.200 e. The van der Waals surface area contributed by atoms with E-state index in [4.69, 9.17) is 9.47 Å². The first-order valence-electron chi connectivity index (χ1n) is 6.62. The predicted octanol–water partition coefficient (Wildman–Crippen LogP) is 3.52. The van der Waals surface area contributed by atoms with Gasteiger partial charge in [-0.2, -0.15) is 0 Å². The average molecular weight is 270 g/mol. The number of rotatable bonds is 6. The van der Waals surface area contributed by atoms with E-state index >= 15 is 0 Å². The number of carbonyl (C=O) groups excluding carboxylic acids is 1. The molecule has 0 spiro atoms. The van der Waals surface area contributed by atoms with Crippen molar-refractivity contribution >= 4 is 5.78 Å². The third-order valence-corrected chi connectivity index (χ3v) is 3.07. The lowest BCUT2D eigenvalue weighted by Crippen LogP contribution is -2.11. The van der Waals surface area contributed by atoms with Crippen LogP contribution in [0.5, 0.6) is 11.5 Å². The molecule has 0 radical (unpaired) electrons. The summed E-state index contributed by atoms with van der Waals surface area (Å²) < 4.78 is 10.7. The second-order valence-electron chi connectivity index (χ2n) is 4.44. The van der Waals surface area contributed by atoms with Gasteiger partial charge in [0.1, 0.15) is 11.5 Å². The zero-order valence-corrected chi connectivity index (χ0v) is 11.8. The van der Waals surface area contributed by atoms with Crippen LogP contribution in [0.25, 0.3) is 0 Å². The minimum absolute atomic E-state index is 0.0281. The first kappa shape index (κ1) is 14.1. The van der Waals surface area contributed by atoms with Crippen LogP contribution in [0.3, 0.4) is 0 Å². The molecule has 0 aliphatic carbocycles. The van der Waals surface area contributed by atoms with Gasteiger partial charge in [0, 0.05) is 5.56 Å². The van der Waals surface area contributed by atoms with Gasteiger partial charge in [-0.1, -0.05) is 31.2 Å². The maximum atomic E-state index is 12.1. The topological polar surface area (TPSA) is 35.5 Å². The van der Waals surface area contributed by atoms with Crippen molar-refractivity contribution in [2.24, 2.45) is 0 Å². The third kappa shape index (κ3) is 3.60. The Balaban J connectivity index is 2.00. The van der Waals surface area contributed by atoms with Crippen molar-refractivity contribution in [3.8, 4) is 11.5 Å². The SMILES string of the molecule is CCc1cccc(OCC(=O)c2cccc(OC)c2)c1. The van der Waals surface area contributed by atoms with Crippen LogP contribution < -0.4 is 9.47 Å². The van der Waals surface area contributed by atoms with Gasteiger partial charge >= 0.3 is 0 Å². The summed E-state index contributed by atoms with van der Waals surface area (Å²) in [6.07, 6.45) is 0.945. The molecule has 0 saturated carbocycles. The molecule has 0 fully saturated rings. The molecule has 0 N–H and O–H groups in total. The fraction of sp³-hybridized carbons (Fsp3) is 0.235. The number of methoxy groups -OCH3 is 1. The summed E-state index contributed by atoms with van der Waals surface area (Å²) in [5, 5.41) is 0. The van der Waals surface area contributed by atoms with Crippen molar-refractivity contribution in [2.75, 3.05) is 13.7 Å². The number of hydrogen-bond donors (Lipinski definition) is 0. The molecule has 0 saturated heterocycles. The molecule has 2 aromatic carbocycles. The molecule has 0 aromatic heterocycles. The zero-order valence-electron chi connectivity index (χ0n) is 11.8. The van der Waals surface area contributed by atoms with Crippen molar-refractivity contribution in [2.45, 2.75) is 13.3 Å². The van der Waals surface area contributed by atoms with Crippen LogP contribution in [-0.2, 0) is 6.42 Å². The van der Waals surface area contributed by atoms with E-state index in [0.29, 0.717) is 11.3 Å². The number of benzene rings is 2. The Morgan fingerprint density at radius 3 is 2.55 bits per heavy atom. The Hall–Kier alpha value is -2.29. The molecule has 0 amide bonds. The highest BCUT2D eigenvalue weighted by atomic mass is 16.5. The summed E-state index contributed by atoms with van der Waals surface area (Å²) in [6, 6.07) is 14.9. The number of aryl methyl sites for hydroxylation is 1. The molecule has 3 nitrogen and oxygen atoms in total. The average Bonchev–Trinajstić information content (AvgIpc) is 2.52. The minimum atomic E-state index is -0.0641. The van der Waals surface area contributed by atoms with Gasteiger partial charge in [0.15, 0.2) is 12.4 Å².